The van der Waals surface area contributed by atoms with Crippen LogP contribution >= 0.6 is 22.9 Å². The number of sulfonamides is 1. The molecule has 0 spiro atoms. The highest BCUT2D eigenvalue weighted by Gasteiger charge is 2.24. The number of halogens is 1. The second-order valence-corrected chi connectivity index (χ2v) is 11.7. The average Bonchev–Trinajstić information content (AvgIpc) is 3.19. The summed E-state index contributed by atoms with van der Waals surface area (Å²) in [5.41, 5.74) is 2.55. The fourth-order valence-corrected chi connectivity index (χ4v) is 6.34. The van der Waals surface area contributed by atoms with Gasteiger partial charge in [0.25, 0.3) is 10.0 Å². The Labute approximate surface area is 193 Å². The van der Waals surface area contributed by atoms with Crippen LogP contribution in [-0.4, -0.2) is 76.4 Å². The maximum absolute atomic E-state index is 12.5. The predicted octanol–water partition coefficient (Wildman–Crippen LogP) is 2.66. The molecule has 0 aliphatic carbocycles. The van der Waals surface area contributed by atoms with E-state index in [-0.39, 0.29) is 16.7 Å². The van der Waals surface area contributed by atoms with Gasteiger partial charge in [-0.2, -0.15) is 4.31 Å². The Morgan fingerprint density at radius 1 is 1.19 bits per heavy atom. The molecular weight excluding hydrogens is 456 g/mol. The lowest BCUT2D eigenvalue weighted by Gasteiger charge is -2.36. The summed E-state index contributed by atoms with van der Waals surface area (Å²) < 4.78 is 26.5. The van der Waals surface area contributed by atoms with Crippen LogP contribution in [0.15, 0.2) is 40.6 Å². The first-order valence-corrected chi connectivity index (χ1v) is 12.9. The predicted molar refractivity (Wildman–Crippen MR) is 127 cm³/mol. The van der Waals surface area contributed by atoms with Gasteiger partial charge in [-0.25, -0.2) is 8.42 Å². The van der Waals surface area contributed by atoms with E-state index in [0.717, 1.165) is 54.8 Å². The number of amides is 1. The third kappa shape index (κ3) is 6.66. The largest absolute Gasteiger partial charge is 0.369 e. The quantitative estimate of drug-likeness (QED) is 0.554. The molecule has 0 saturated carbocycles. The second-order valence-electron chi connectivity index (χ2n) is 7.69. The number of nitrogens with one attached hydrogen (secondary N) is 1. The van der Waals surface area contributed by atoms with Crippen molar-refractivity contribution in [1.29, 1.82) is 0 Å². The zero-order valence-electron chi connectivity index (χ0n) is 17.9. The SMILES string of the molecule is Cc1cccc(N2CCN(CCCNC(=O)CN(C)S(=O)(=O)c3ccc(Cl)s3)CC2)c1. The standard InChI is InChI=1S/C21H29ClN4O3S2/c1-17-5-3-6-18(15-17)26-13-11-25(12-14-26)10-4-9-23-20(27)16-24(2)31(28,29)21-8-7-19(22)30-21/h3,5-8,15H,4,9-14,16H2,1-2H3,(H,23,27). The number of carbonyl (C=O) groups is 1. The summed E-state index contributed by atoms with van der Waals surface area (Å²) in [7, 11) is -2.30. The van der Waals surface area contributed by atoms with Gasteiger partial charge in [-0.05, 0) is 49.7 Å². The second kappa shape index (κ2) is 10.8. The van der Waals surface area contributed by atoms with Crippen molar-refractivity contribution in [3.8, 4) is 0 Å². The highest BCUT2D eigenvalue weighted by Crippen LogP contribution is 2.27. The van der Waals surface area contributed by atoms with Crippen LogP contribution in [0.2, 0.25) is 4.34 Å². The Balaban J connectivity index is 1.34. The Hall–Kier alpha value is -1.65. The van der Waals surface area contributed by atoms with Crippen LogP contribution in [0, 0.1) is 6.92 Å². The summed E-state index contributed by atoms with van der Waals surface area (Å²) in [4.78, 5) is 17.0. The number of rotatable bonds is 9. The van der Waals surface area contributed by atoms with Crippen molar-refractivity contribution in [2.45, 2.75) is 17.6 Å². The Morgan fingerprint density at radius 3 is 2.58 bits per heavy atom. The highest BCUT2D eigenvalue weighted by atomic mass is 35.5. The van der Waals surface area contributed by atoms with E-state index in [2.05, 4.69) is 46.3 Å². The minimum atomic E-state index is -3.70. The third-order valence-corrected chi connectivity index (χ3v) is 8.79. The van der Waals surface area contributed by atoms with Gasteiger partial charge in [0.15, 0.2) is 0 Å². The van der Waals surface area contributed by atoms with Crippen LogP contribution in [0.1, 0.15) is 12.0 Å². The number of aryl methyl sites for hydroxylation is 1. The van der Waals surface area contributed by atoms with Crippen molar-refractivity contribution < 1.29 is 13.2 Å². The van der Waals surface area contributed by atoms with E-state index in [1.54, 1.807) is 0 Å². The van der Waals surface area contributed by atoms with Gasteiger partial charge in [0.05, 0.1) is 10.9 Å². The minimum absolute atomic E-state index is 0.137. The minimum Gasteiger partial charge on any atom is -0.369 e. The topological polar surface area (TPSA) is 73.0 Å². The maximum atomic E-state index is 12.5. The summed E-state index contributed by atoms with van der Waals surface area (Å²) in [6.07, 6.45) is 0.827. The molecule has 1 aromatic heterocycles. The molecule has 3 rings (SSSR count). The highest BCUT2D eigenvalue weighted by molar-refractivity contribution is 7.91. The van der Waals surface area contributed by atoms with E-state index in [1.165, 1.54) is 30.4 Å². The lowest BCUT2D eigenvalue weighted by Crippen LogP contribution is -2.47. The Morgan fingerprint density at radius 2 is 1.94 bits per heavy atom. The van der Waals surface area contributed by atoms with Crippen molar-refractivity contribution in [1.82, 2.24) is 14.5 Å². The van der Waals surface area contributed by atoms with Gasteiger partial charge in [0.2, 0.25) is 5.91 Å². The fraction of sp³-hybridized carbons (Fsp3) is 0.476. The summed E-state index contributed by atoms with van der Waals surface area (Å²) >= 11 is 6.80. The van der Waals surface area contributed by atoms with Crippen molar-refractivity contribution >= 4 is 44.6 Å². The third-order valence-electron chi connectivity index (χ3n) is 5.29. The van der Waals surface area contributed by atoms with Crippen LogP contribution in [0.4, 0.5) is 5.69 Å². The molecule has 7 nitrogen and oxygen atoms in total. The first-order valence-electron chi connectivity index (χ1n) is 10.3. The Bertz CT molecular complexity index is 988. The molecule has 2 heterocycles. The molecule has 1 N–H and O–H groups in total. The average molecular weight is 485 g/mol. The van der Waals surface area contributed by atoms with E-state index in [1.807, 2.05) is 0 Å². The van der Waals surface area contributed by atoms with Crippen LogP contribution < -0.4 is 10.2 Å². The van der Waals surface area contributed by atoms with Gasteiger partial charge >= 0.3 is 0 Å². The maximum Gasteiger partial charge on any atom is 0.252 e. The molecule has 1 aromatic carbocycles. The van der Waals surface area contributed by atoms with Crippen molar-refractivity contribution in [2.75, 3.05) is 57.8 Å². The summed E-state index contributed by atoms with van der Waals surface area (Å²) in [5, 5.41) is 2.82. The van der Waals surface area contributed by atoms with Crippen LogP contribution in [-0.2, 0) is 14.8 Å². The smallest absolute Gasteiger partial charge is 0.252 e. The first-order chi connectivity index (χ1) is 14.8. The molecule has 1 aliphatic rings. The molecule has 0 atom stereocenters. The zero-order valence-corrected chi connectivity index (χ0v) is 20.3. The summed E-state index contributed by atoms with van der Waals surface area (Å²) in [6, 6.07) is 11.6. The van der Waals surface area contributed by atoms with E-state index < -0.39 is 10.0 Å². The number of thiophene rings is 1. The van der Waals surface area contributed by atoms with E-state index in [9.17, 15) is 13.2 Å². The first kappa shape index (κ1) is 24.0. The number of piperazine rings is 1. The van der Waals surface area contributed by atoms with Crippen molar-refractivity contribution in [3.63, 3.8) is 0 Å². The van der Waals surface area contributed by atoms with Crippen molar-refractivity contribution in [2.24, 2.45) is 0 Å². The van der Waals surface area contributed by atoms with Crippen LogP contribution in [0.25, 0.3) is 0 Å². The molecule has 1 fully saturated rings. The van der Waals surface area contributed by atoms with E-state index >= 15 is 0 Å². The fourth-order valence-electron chi connectivity index (χ4n) is 3.52. The van der Waals surface area contributed by atoms with Crippen LogP contribution in [0.3, 0.4) is 0 Å². The van der Waals surface area contributed by atoms with Crippen LogP contribution in [0.5, 0.6) is 0 Å². The lowest BCUT2D eigenvalue weighted by molar-refractivity contribution is -0.121. The number of hydrogen-bond acceptors (Lipinski definition) is 6. The van der Waals surface area contributed by atoms with Crippen molar-refractivity contribution in [3.05, 3.63) is 46.3 Å². The van der Waals surface area contributed by atoms with Gasteiger partial charge in [0, 0.05) is 45.5 Å². The van der Waals surface area contributed by atoms with E-state index in [4.69, 9.17) is 11.6 Å². The van der Waals surface area contributed by atoms with Gasteiger partial charge in [-0.3, -0.25) is 9.69 Å². The number of benzene rings is 1. The molecule has 0 unspecified atom stereocenters. The summed E-state index contributed by atoms with van der Waals surface area (Å²) in [5.74, 6) is -0.307. The normalized spacial score (nSPS) is 15.4. The molecule has 10 heteroatoms. The molecule has 1 saturated heterocycles. The number of nitrogens with zero attached hydrogens (tertiary/aromatic N) is 3. The summed E-state index contributed by atoms with van der Waals surface area (Å²) in [6.45, 7) is 7.29. The molecule has 1 aliphatic heterocycles. The molecule has 0 radical (unpaired) electrons. The zero-order chi connectivity index (χ0) is 22.4. The monoisotopic (exact) mass is 484 g/mol. The number of likely N-dealkylation sites (N-methyl/N-ethyl adjacent to an activating group) is 1. The van der Waals surface area contributed by atoms with Gasteiger partial charge in [-0.15, -0.1) is 11.3 Å². The number of carbonyl (C=O) groups excluding carboxylic acids is 1. The molecule has 31 heavy (non-hydrogen) atoms. The molecule has 1 amide bonds. The Kier molecular flexibility index (Phi) is 8.35. The molecule has 0 bridgehead atoms. The molecule has 2 aromatic rings. The lowest BCUT2D eigenvalue weighted by atomic mass is 10.2. The van der Waals surface area contributed by atoms with Gasteiger partial charge in [-0.1, -0.05) is 23.7 Å². The number of hydrogen-bond donors (Lipinski definition) is 1. The molecular formula is C21H29ClN4O3S2. The molecule has 170 valence electrons. The van der Waals surface area contributed by atoms with E-state index in [0.29, 0.717) is 10.9 Å². The van der Waals surface area contributed by atoms with Gasteiger partial charge in [0.1, 0.15) is 4.21 Å². The number of anilines is 1. The van der Waals surface area contributed by atoms with Gasteiger partial charge < -0.3 is 10.2 Å².